The van der Waals surface area contributed by atoms with Gasteiger partial charge < -0.3 is 4.74 Å². The number of esters is 1. The van der Waals surface area contributed by atoms with E-state index in [2.05, 4.69) is 19.9 Å². The summed E-state index contributed by atoms with van der Waals surface area (Å²) in [6, 6.07) is 0. The minimum absolute atomic E-state index is 0.00370. The van der Waals surface area contributed by atoms with E-state index in [9.17, 15) is 4.79 Å². The van der Waals surface area contributed by atoms with Crippen LogP contribution in [-0.2, 0) is 9.53 Å². The summed E-state index contributed by atoms with van der Waals surface area (Å²) in [6.45, 7) is 4.42. The molecule has 0 fully saturated rings. The highest BCUT2D eigenvalue weighted by Gasteiger charge is 2.27. The Hall–Kier alpha value is -0.790. The van der Waals surface area contributed by atoms with E-state index in [1.165, 1.54) is 13.5 Å². The molecule has 3 atom stereocenters. The first-order valence-corrected chi connectivity index (χ1v) is 4.95. The van der Waals surface area contributed by atoms with E-state index in [4.69, 9.17) is 4.74 Å². The van der Waals surface area contributed by atoms with Crippen molar-refractivity contribution in [2.75, 3.05) is 7.11 Å². The van der Waals surface area contributed by atoms with Crippen LogP contribution in [0.25, 0.3) is 0 Å². The summed E-state index contributed by atoms with van der Waals surface area (Å²) in [5.74, 6) is 1.14. The largest absolute Gasteiger partial charge is 0.469 e. The molecule has 0 aromatic rings. The van der Waals surface area contributed by atoms with E-state index >= 15 is 0 Å². The Labute approximate surface area is 80.0 Å². The molecule has 0 N–H and O–H groups in total. The molecule has 0 heterocycles. The maximum absolute atomic E-state index is 11.2. The molecule has 0 saturated heterocycles. The van der Waals surface area contributed by atoms with E-state index in [0.29, 0.717) is 11.8 Å². The fourth-order valence-corrected chi connectivity index (χ4v) is 1.78. The van der Waals surface area contributed by atoms with Crippen molar-refractivity contribution in [2.24, 2.45) is 17.8 Å². The average Bonchev–Trinajstić information content (AvgIpc) is 2.64. The summed E-state index contributed by atoms with van der Waals surface area (Å²) >= 11 is 0. The van der Waals surface area contributed by atoms with Gasteiger partial charge >= 0.3 is 5.97 Å². The minimum atomic E-state index is -0.0953. The summed E-state index contributed by atoms with van der Waals surface area (Å²) in [5, 5.41) is 0. The van der Waals surface area contributed by atoms with Gasteiger partial charge in [0.2, 0.25) is 0 Å². The lowest BCUT2D eigenvalue weighted by Crippen LogP contribution is -2.15. The Balaban J connectivity index is 2.46. The second-order valence-electron chi connectivity index (χ2n) is 3.80. The van der Waals surface area contributed by atoms with Gasteiger partial charge in [0.1, 0.15) is 0 Å². The van der Waals surface area contributed by atoms with Gasteiger partial charge in [-0.3, -0.25) is 4.79 Å². The summed E-state index contributed by atoms with van der Waals surface area (Å²) in [6.07, 6.45) is 6.25. The van der Waals surface area contributed by atoms with Crippen molar-refractivity contribution >= 4 is 5.97 Å². The zero-order chi connectivity index (χ0) is 9.84. The van der Waals surface area contributed by atoms with E-state index < -0.39 is 0 Å². The number of ether oxygens (including phenoxy) is 1. The lowest BCUT2D eigenvalue weighted by Gasteiger charge is -2.16. The van der Waals surface area contributed by atoms with Crippen LogP contribution in [0.15, 0.2) is 12.2 Å². The third kappa shape index (κ3) is 2.33. The van der Waals surface area contributed by atoms with Gasteiger partial charge in [-0.1, -0.05) is 32.4 Å². The number of methoxy groups -OCH3 is 1. The molecule has 2 heteroatoms. The van der Waals surface area contributed by atoms with Gasteiger partial charge in [0, 0.05) is 0 Å². The molecule has 0 spiro atoms. The second-order valence-corrected chi connectivity index (χ2v) is 3.80. The molecule has 2 nitrogen and oxygen atoms in total. The van der Waals surface area contributed by atoms with E-state index in [1.54, 1.807) is 0 Å². The molecule has 13 heavy (non-hydrogen) atoms. The van der Waals surface area contributed by atoms with Crippen LogP contribution in [0.4, 0.5) is 0 Å². The van der Waals surface area contributed by atoms with Crippen LogP contribution >= 0.6 is 0 Å². The highest BCUT2D eigenvalue weighted by Crippen LogP contribution is 2.31. The predicted molar refractivity (Wildman–Crippen MR) is 52.2 cm³/mol. The van der Waals surface area contributed by atoms with Gasteiger partial charge in [-0.25, -0.2) is 0 Å². The van der Waals surface area contributed by atoms with Crippen LogP contribution in [0.5, 0.6) is 0 Å². The Kier molecular flexibility index (Phi) is 3.52. The molecular weight excluding hydrogens is 164 g/mol. The number of carbonyl (C=O) groups is 1. The lowest BCUT2D eigenvalue weighted by atomic mass is 9.89. The first kappa shape index (κ1) is 10.3. The normalized spacial score (nSPS) is 28.8. The molecule has 1 rings (SSSR count). The molecule has 1 unspecified atom stereocenters. The SMILES string of the molecule is CCC(C)[C@H]1C=C[C@@H](C(=O)OC)C1. The maximum Gasteiger partial charge on any atom is 0.312 e. The quantitative estimate of drug-likeness (QED) is 0.495. The van der Waals surface area contributed by atoms with Crippen LogP contribution in [0.1, 0.15) is 26.7 Å². The van der Waals surface area contributed by atoms with Gasteiger partial charge in [-0.2, -0.15) is 0 Å². The molecule has 1 aliphatic carbocycles. The zero-order valence-corrected chi connectivity index (χ0v) is 8.62. The topological polar surface area (TPSA) is 26.3 Å². The Morgan fingerprint density at radius 2 is 2.31 bits per heavy atom. The van der Waals surface area contributed by atoms with Gasteiger partial charge in [-0.15, -0.1) is 0 Å². The monoisotopic (exact) mass is 182 g/mol. The molecule has 0 amide bonds. The molecule has 1 aliphatic rings. The number of hydrogen-bond donors (Lipinski definition) is 0. The Bertz CT molecular complexity index is 208. The predicted octanol–water partition coefficient (Wildman–Crippen LogP) is 2.40. The van der Waals surface area contributed by atoms with Crippen molar-refractivity contribution in [3.8, 4) is 0 Å². The number of hydrogen-bond acceptors (Lipinski definition) is 2. The van der Waals surface area contributed by atoms with E-state index in [0.717, 1.165) is 6.42 Å². The molecular formula is C11H18O2. The second kappa shape index (κ2) is 4.45. The fourth-order valence-electron chi connectivity index (χ4n) is 1.78. The Morgan fingerprint density at radius 1 is 1.62 bits per heavy atom. The molecule has 74 valence electrons. The van der Waals surface area contributed by atoms with Crippen molar-refractivity contribution in [1.82, 2.24) is 0 Å². The molecule has 0 aromatic heterocycles. The fraction of sp³-hybridized carbons (Fsp3) is 0.727. The van der Waals surface area contributed by atoms with Crippen LogP contribution in [-0.4, -0.2) is 13.1 Å². The number of carbonyl (C=O) groups excluding carboxylic acids is 1. The summed E-state index contributed by atoms with van der Waals surface area (Å²) in [4.78, 5) is 11.2. The maximum atomic E-state index is 11.2. The first-order chi connectivity index (χ1) is 6.19. The molecule has 0 saturated carbocycles. The van der Waals surface area contributed by atoms with E-state index in [-0.39, 0.29) is 11.9 Å². The van der Waals surface area contributed by atoms with Crippen molar-refractivity contribution in [2.45, 2.75) is 26.7 Å². The average molecular weight is 182 g/mol. The summed E-state index contributed by atoms with van der Waals surface area (Å²) < 4.78 is 4.71. The Morgan fingerprint density at radius 3 is 2.85 bits per heavy atom. The van der Waals surface area contributed by atoms with Crippen molar-refractivity contribution in [1.29, 1.82) is 0 Å². The van der Waals surface area contributed by atoms with Gasteiger partial charge in [0.25, 0.3) is 0 Å². The summed E-state index contributed by atoms with van der Waals surface area (Å²) in [5.41, 5.74) is 0. The number of allylic oxidation sites excluding steroid dienone is 1. The highest BCUT2D eigenvalue weighted by molar-refractivity contribution is 5.74. The van der Waals surface area contributed by atoms with E-state index in [1.807, 2.05) is 6.08 Å². The van der Waals surface area contributed by atoms with Crippen LogP contribution in [0.3, 0.4) is 0 Å². The van der Waals surface area contributed by atoms with Gasteiger partial charge in [-0.05, 0) is 18.3 Å². The van der Waals surface area contributed by atoms with Crippen molar-refractivity contribution in [3.05, 3.63) is 12.2 Å². The van der Waals surface area contributed by atoms with Crippen molar-refractivity contribution in [3.63, 3.8) is 0 Å². The van der Waals surface area contributed by atoms with Crippen LogP contribution in [0, 0.1) is 17.8 Å². The standard InChI is InChI=1S/C11H18O2/c1-4-8(2)9-5-6-10(7-9)11(12)13-3/h5-6,8-10H,4,7H2,1-3H3/t8?,9-,10+/m0/s1. The molecule has 0 aliphatic heterocycles. The zero-order valence-electron chi connectivity index (χ0n) is 8.62. The minimum Gasteiger partial charge on any atom is -0.469 e. The highest BCUT2D eigenvalue weighted by atomic mass is 16.5. The smallest absolute Gasteiger partial charge is 0.312 e. The molecule has 0 radical (unpaired) electrons. The lowest BCUT2D eigenvalue weighted by molar-refractivity contribution is -0.143. The van der Waals surface area contributed by atoms with Crippen LogP contribution < -0.4 is 0 Å². The van der Waals surface area contributed by atoms with Gasteiger partial charge in [0.15, 0.2) is 0 Å². The first-order valence-electron chi connectivity index (χ1n) is 4.95. The van der Waals surface area contributed by atoms with Gasteiger partial charge in [0.05, 0.1) is 13.0 Å². The van der Waals surface area contributed by atoms with Crippen LogP contribution in [0.2, 0.25) is 0 Å². The molecule has 0 bridgehead atoms. The molecule has 0 aromatic carbocycles. The third-order valence-corrected chi connectivity index (χ3v) is 3.00. The summed E-state index contributed by atoms with van der Waals surface area (Å²) in [7, 11) is 1.45. The number of rotatable bonds is 3. The van der Waals surface area contributed by atoms with Crippen molar-refractivity contribution < 1.29 is 9.53 Å². The third-order valence-electron chi connectivity index (χ3n) is 3.00.